The third kappa shape index (κ3) is 3.02. The molecule has 1 heterocycles. The van der Waals surface area contributed by atoms with Gasteiger partial charge < -0.3 is 5.11 Å². The summed E-state index contributed by atoms with van der Waals surface area (Å²) in [6.45, 7) is 0. The van der Waals surface area contributed by atoms with Crippen LogP contribution in [0.2, 0.25) is 0 Å². The van der Waals surface area contributed by atoms with E-state index >= 15 is 0 Å². The van der Waals surface area contributed by atoms with Crippen molar-refractivity contribution in [1.82, 2.24) is 9.78 Å². The summed E-state index contributed by atoms with van der Waals surface area (Å²) in [4.78, 5) is 0. The fourth-order valence-electron chi connectivity index (χ4n) is 1.07. The van der Waals surface area contributed by atoms with Crippen molar-refractivity contribution in [3.63, 3.8) is 0 Å². The zero-order chi connectivity index (χ0) is 10.8. The number of halogens is 3. The molecule has 1 aromatic heterocycles. The lowest BCUT2D eigenvalue weighted by Gasteiger charge is -2.13. The molecular formula is C8H11F3N2O. The van der Waals surface area contributed by atoms with Crippen LogP contribution in [0.4, 0.5) is 13.2 Å². The van der Waals surface area contributed by atoms with Gasteiger partial charge in [0.1, 0.15) is 6.10 Å². The predicted molar refractivity (Wildman–Crippen MR) is 43.6 cm³/mol. The first-order valence-electron chi connectivity index (χ1n) is 4.12. The number of alkyl halides is 3. The standard InChI is InChI=1S/C8H11F3N2O/c1-13-5-6(4-12-13)2-3-7(14)8(9,10)11/h4-5,7,14H,2-3H2,1H3. The number of aryl methyl sites for hydroxylation is 2. The molecule has 0 aliphatic carbocycles. The number of aliphatic hydroxyl groups excluding tert-OH is 1. The van der Waals surface area contributed by atoms with Gasteiger partial charge in [-0.3, -0.25) is 4.68 Å². The topological polar surface area (TPSA) is 38.0 Å². The highest BCUT2D eigenvalue weighted by Crippen LogP contribution is 2.23. The van der Waals surface area contributed by atoms with Crippen molar-refractivity contribution in [2.45, 2.75) is 25.1 Å². The molecular weight excluding hydrogens is 197 g/mol. The molecule has 0 saturated heterocycles. The Kier molecular flexibility index (Phi) is 3.15. The van der Waals surface area contributed by atoms with Gasteiger partial charge in [0.25, 0.3) is 0 Å². The molecule has 0 saturated carbocycles. The van der Waals surface area contributed by atoms with Crippen LogP contribution in [0.1, 0.15) is 12.0 Å². The van der Waals surface area contributed by atoms with Crippen LogP contribution in [0.3, 0.4) is 0 Å². The minimum Gasteiger partial charge on any atom is -0.384 e. The number of rotatable bonds is 3. The average Bonchev–Trinajstić information content (AvgIpc) is 2.45. The van der Waals surface area contributed by atoms with Crippen LogP contribution in [0.15, 0.2) is 12.4 Å². The molecule has 6 heteroatoms. The Hall–Kier alpha value is -1.04. The van der Waals surface area contributed by atoms with E-state index in [1.54, 1.807) is 13.2 Å². The monoisotopic (exact) mass is 208 g/mol. The second kappa shape index (κ2) is 4.00. The van der Waals surface area contributed by atoms with Crippen LogP contribution in [-0.2, 0) is 13.5 Å². The van der Waals surface area contributed by atoms with Crippen molar-refractivity contribution in [2.24, 2.45) is 7.05 Å². The van der Waals surface area contributed by atoms with Gasteiger partial charge in [-0.25, -0.2) is 0 Å². The molecule has 0 aromatic carbocycles. The summed E-state index contributed by atoms with van der Waals surface area (Å²) in [7, 11) is 1.68. The SMILES string of the molecule is Cn1cc(CCC(O)C(F)(F)F)cn1. The molecule has 0 amide bonds. The molecule has 3 nitrogen and oxygen atoms in total. The first kappa shape index (κ1) is 11.0. The minimum atomic E-state index is -4.53. The summed E-state index contributed by atoms with van der Waals surface area (Å²) < 4.78 is 37.2. The fourth-order valence-corrected chi connectivity index (χ4v) is 1.07. The van der Waals surface area contributed by atoms with Crippen molar-refractivity contribution >= 4 is 0 Å². The molecule has 1 aromatic rings. The van der Waals surface area contributed by atoms with Crippen molar-refractivity contribution in [3.8, 4) is 0 Å². The normalized spacial score (nSPS) is 14.4. The van der Waals surface area contributed by atoms with E-state index in [1.165, 1.54) is 10.9 Å². The highest BCUT2D eigenvalue weighted by molar-refractivity contribution is 5.03. The highest BCUT2D eigenvalue weighted by Gasteiger charge is 2.37. The molecule has 0 fully saturated rings. The summed E-state index contributed by atoms with van der Waals surface area (Å²) in [5, 5.41) is 12.5. The van der Waals surface area contributed by atoms with Gasteiger partial charge in [0.05, 0.1) is 6.20 Å². The van der Waals surface area contributed by atoms with Crippen LogP contribution in [-0.4, -0.2) is 27.2 Å². The second-order valence-corrected chi connectivity index (χ2v) is 3.12. The Bertz CT molecular complexity index is 295. The Balaban J connectivity index is 2.41. The van der Waals surface area contributed by atoms with Crippen LogP contribution in [0.5, 0.6) is 0 Å². The Morgan fingerprint density at radius 1 is 1.57 bits per heavy atom. The zero-order valence-corrected chi connectivity index (χ0v) is 7.62. The molecule has 80 valence electrons. The van der Waals surface area contributed by atoms with Crippen molar-refractivity contribution < 1.29 is 18.3 Å². The molecule has 1 rings (SSSR count). The van der Waals surface area contributed by atoms with Gasteiger partial charge in [-0.2, -0.15) is 18.3 Å². The molecule has 1 atom stereocenters. The first-order chi connectivity index (χ1) is 6.39. The largest absolute Gasteiger partial charge is 0.414 e. The molecule has 1 unspecified atom stereocenters. The van der Waals surface area contributed by atoms with E-state index in [0.29, 0.717) is 5.56 Å². The molecule has 0 aliphatic rings. The molecule has 14 heavy (non-hydrogen) atoms. The maximum atomic E-state index is 11.9. The van der Waals surface area contributed by atoms with Gasteiger partial charge in [0.15, 0.2) is 0 Å². The van der Waals surface area contributed by atoms with Crippen LogP contribution >= 0.6 is 0 Å². The highest BCUT2D eigenvalue weighted by atomic mass is 19.4. The van der Waals surface area contributed by atoms with Crippen molar-refractivity contribution in [3.05, 3.63) is 18.0 Å². The zero-order valence-electron chi connectivity index (χ0n) is 7.62. The summed E-state index contributed by atoms with van der Waals surface area (Å²) in [6.07, 6.45) is -3.80. The van der Waals surface area contributed by atoms with Gasteiger partial charge in [-0.05, 0) is 18.4 Å². The fraction of sp³-hybridized carbons (Fsp3) is 0.625. The van der Waals surface area contributed by atoms with Crippen LogP contribution in [0.25, 0.3) is 0 Å². The third-order valence-electron chi connectivity index (χ3n) is 1.84. The lowest BCUT2D eigenvalue weighted by atomic mass is 10.1. The third-order valence-corrected chi connectivity index (χ3v) is 1.84. The number of hydrogen-bond acceptors (Lipinski definition) is 2. The quantitative estimate of drug-likeness (QED) is 0.812. The summed E-state index contributed by atoms with van der Waals surface area (Å²) in [5.41, 5.74) is 0.691. The molecule has 0 bridgehead atoms. The average molecular weight is 208 g/mol. The smallest absolute Gasteiger partial charge is 0.384 e. The first-order valence-corrected chi connectivity index (χ1v) is 4.12. The maximum absolute atomic E-state index is 11.9. The van der Waals surface area contributed by atoms with E-state index < -0.39 is 12.3 Å². The number of hydrogen-bond donors (Lipinski definition) is 1. The van der Waals surface area contributed by atoms with Gasteiger partial charge in [0, 0.05) is 13.2 Å². The Morgan fingerprint density at radius 2 is 2.21 bits per heavy atom. The summed E-state index contributed by atoms with van der Waals surface area (Å²) in [6, 6.07) is 0. The van der Waals surface area contributed by atoms with E-state index in [2.05, 4.69) is 5.10 Å². The van der Waals surface area contributed by atoms with Crippen molar-refractivity contribution in [1.29, 1.82) is 0 Å². The van der Waals surface area contributed by atoms with Crippen molar-refractivity contribution in [2.75, 3.05) is 0 Å². The molecule has 0 aliphatic heterocycles. The number of aliphatic hydroxyl groups is 1. The maximum Gasteiger partial charge on any atom is 0.414 e. The number of aromatic nitrogens is 2. The summed E-state index contributed by atoms with van der Waals surface area (Å²) in [5.74, 6) is 0. The van der Waals surface area contributed by atoms with E-state index in [-0.39, 0.29) is 12.8 Å². The Morgan fingerprint density at radius 3 is 2.64 bits per heavy atom. The number of nitrogens with zero attached hydrogens (tertiary/aromatic N) is 2. The molecule has 0 radical (unpaired) electrons. The van der Waals surface area contributed by atoms with E-state index in [1.807, 2.05) is 0 Å². The Labute approximate surface area is 79.2 Å². The lowest BCUT2D eigenvalue weighted by Crippen LogP contribution is -2.28. The second-order valence-electron chi connectivity index (χ2n) is 3.12. The van der Waals surface area contributed by atoms with Gasteiger partial charge >= 0.3 is 6.18 Å². The van der Waals surface area contributed by atoms with Gasteiger partial charge in [-0.15, -0.1) is 0 Å². The predicted octanol–water partition coefficient (Wildman–Crippen LogP) is 1.28. The van der Waals surface area contributed by atoms with Gasteiger partial charge in [0.2, 0.25) is 0 Å². The summed E-state index contributed by atoms with van der Waals surface area (Å²) >= 11 is 0. The van der Waals surface area contributed by atoms with E-state index in [0.717, 1.165) is 0 Å². The minimum absolute atomic E-state index is 0.175. The van der Waals surface area contributed by atoms with E-state index in [4.69, 9.17) is 5.11 Å². The van der Waals surface area contributed by atoms with E-state index in [9.17, 15) is 13.2 Å². The van der Waals surface area contributed by atoms with Gasteiger partial charge in [-0.1, -0.05) is 0 Å². The van der Waals surface area contributed by atoms with Crippen LogP contribution in [0, 0.1) is 0 Å². The molecule has 0 spiro atoms. The molecule has 1 N–H and O–H groups in total. The van der Waals surface area contributed by atoms with Crippen LogP contribution < -0.4 is 0 Å². The lowest BCUT2D eigenvalue weighted by molar-refractivity contribution is -0.205.